The van der Waals surface area contributed by atoms with E-state index in [1.807, 2.05) is 48.5 Å². The number of nitrogens with one attached hydrogen (secondary N) is 2. The Morgan fingerprint density at radius 3 is 2.35 bits per heavy atom. The number of nitrogens with zero attached hydrogens (tertiary/aromatic N) is 1. The Kier molecular flexibility index (Phi) is 8.50. The second-order valence-corrected chi connectivity index (χ2v) is 9.62. The molecule has 0 aromatic heterocycles. The van der Waals surface area contributed by atoms with Crippen LogP contribution in [0.1, 0.15) is 34.3 Å². The van der Waals surface area contributed by atoms with Gasteiger partial charge in [-0.15, -0.1) is 0 Å². The minimum absolute atomic E-state index is 0.00774. The minimum atomic E-state index is -0.171. The minimum Gasteiger partial charge on any atom is -0.352 e. The lowest BCUT2D eigenvalue weighted by atomic mass is 9.95. The number of benzene rings is 3. The monoisotopic (exact) mass is 519 g/mol. The van der Waals surface area contributed by atoms with Crippen molar-refractivity contribution in [1.82, 2.24) is 10.2 Å². The summed E-state index contributed by atoms with van der Waals surface area (Å²) in [5.41, 5.74) is 3.51. The molecule has 0 atom stereocenters. The number of carbonyl (C=O) groups is 2. The highest BCUT2D eigenvalue weighted by molar-refractivity contribution is 9.10. The van der Waals surface area contributed by atoms with Crippen LogP contribution in [-0.4, -0.2) is 36.3 Å². The van der Waals surface area contributed by atoms with Crippen LogP contribution >= 0.6 is 15.9 Å². The Hall–Kier alpha value is -2.96. The van der Waals surface area contributed by atoms with Crippen LogP contribution in [0, 0.1) is 5.92 Å². The van der Waals surface area contributed by atoms with E-state index in [0.717, 1.165) is 43.4 Å². The number of rotatable bonds is 8. The van der Waals surface area contributed by atoms with Gasteiger partial charge in [0.25, 0.3) is 5.91 Å². The van der Waals surface area contributed by atoms with Crippen molar-refractivity contribution in [2.24, 2.45) is 5.92 Å². The van der Waals surface area contributed by atoms with E-state index in [2.05, 4.69) is 49.7 Å². The van der Waals surface area contributed by atoms with Gasteiger partial charge in [0.05, 0.1) is 11.3 Å². The summed E-state index contributed by atoms with van der Waals surface area (Å²) >= 11 is 3.53. The molecule has 1 heterocycles. The highest BCUT2D eigenvalue weighted by Crippen LogP contribution is 2.23. The van der Waals surface area contributed by atoms with Gasteiger partial charge in [-0.3, -0.25) is 14.5 Å². The molecule has 1 saturated heterocycles. The fourth-order valence-electron chi connectivity index (χ4n) is 4.33. The van der Waals surface area contributed by atoms with Gasteiger partial charge in [0.15, 0.2) is 0 Å². The van der Waals surface area contributed by atoms with Crippen molar-refractivity contribution in [3.63, 3.8) is 0 Å². The van der Waals surface area contributed by atoms with Crippen LogP contribution < -0.4 is 10.6 Å². The molecule has 1 aliphatic heterocycles. The molecule has 3 aromatic rings. The molecule has 2 N–H and O–H groups in total. The maximum Gasteiger partial charge on any atom is 0.253 e. The highest BCUT2D eigenvalue weighted by atomic mass is 79.9. The van der Waals surface area contributed by atoms with E-state index in [1.54, 1.807) is 12.1 Å². The molecular weight excluding hydrogens is 490 g/mol. The molecule has 0 bridgehead atoms. The quantitative estimate of drug-likeness (QED) is 0.426. The van der Waals surface area contributed by atoms with Gasteiger partial charge in [0.2, 0.25) is 5.91 Å². The number of hydrogen-bond acceptors (Lipinski definition) is 3. The zero-order valence-electron chi connectivity index (χ0n) is 19.2. The van der Waals surface area contributed by atoms with Gasteiger partial charge >= 0.3 is 0 Å². The van der Waals surface area contributed by atoms with E-state index in [-0.39, 0.29) is 17.7 Å². The number of likely N-dealkylation sites (tertiary alicyclic amines) is 1. The van der Waals surface area contributed by atoms with E-state index in [4.69, 9.17) is 0 Å². The summed E-state index contributed by atoms with van der Waals surface area (Å²) < 4.78 is 1.09. The standard InChI is InChI=1S/C28H30BrN3O2/c29-24-10-6-9-22(19-24)20-32-17-14-23(15-18-32)27(33)31-26-12-5-4-11-25(26)28(34)30-16-13-21-7-2-1-3-8-21/h1-12,19,23H,13-18,20H2,(H,30,34)(H,31,33). The molecule has 1 fully saturated rings. The summed E-state index contributed by atoms with van der Waals surface area (Å²) in [5.74, 6) is -0.227. The second-order valence-electron chi connectivity index (χ2n) is 8.71. The molecule has 1 aliphatic rings. The molecule has 6 heteroatoms. The van der Waals surface area contributed by atoms with Crippen molar-refractivity contribution < 1.29 is 9.59 Å². The maximum atomic E-state index is 13.0. The Morgan fingerprint density at radius 1 is 0.882 bits per heavy atom. The summed E-state index contributed by atoms with van der Waals surface area (Å²) in [6.07, 6.45) is 2.39. The lowest BCUT2D eigenvalue weighted by Gasteiger charge is -2.31. The summed E-state index contributed by atoms with van der Waals surface area (Å²) in [6.45, 7) is 3.19. The number of piperidine rings is 1. The van der Waals surface area contributed by atoms with E-state index >= 15 is 0 Å². The van der Waals surface area contributed by atoms with Crippen molar-refractivity contribution in [3.8, 4) is 0 Å². The summed E-state index contributed by atoms with van der Waals surface area (Å²) in [5, 5.41) is 5.99. The van der Waals surface area contributed by atoms with E-state index in [1.165, 1.54) is 11.1 Å². The van der Waals surface area contributed by atoms with Crippen molar-refractivity contribution >= 4 is 33.4 Å². The highest BCUT2D eigenvalue weighted by Gasteiger charge is 2.26. The van der Waals surface area contributed by atoms with Crippen LogP contribution in [0.2, 0.25) is 0 Å². The zero-order valence-corrected chi connectivity index (χ0v) is 20.8. The van der Waals surface area contributed by atoms with E-state index in [0.29, 0.717) is 17.8 Å². The largest absolute Gasteiger partial charge is 0.352 e. The fourth-order valence-corrected chi connectivity index (χ4v) is 4.78. The topological polar surface area (TPSA) is 61.4 Å². The van der Waals surface area contributed by atoms with Crippen molar-refractivity contribution in [1.29, 1.82) is 0 Å². The number of carbonyl (C=O) groups excluding carboxylic acids is 2. The number of anilines is 1. The van der Waals surface area contributed by atoms with Gasteiger partial charge in [-0.25, -0.2) is 0 Å². The lowest BCUT2D eigenvalue weighted by molar-refractivity contribution is -0.121. The molecule has 2 amide bonds. The third-order valence-corrected chi connectivity index (χ3v) is 6.72. The van der Waals surface area contributed by atoms with Gasteiger partial charge in [0, 0.05) is 23.5 Å². The normalized spacial score (nSPS) is 14.5. The van der Waals surface area contributed by atoms with Crippen molar-refractivity contribution in [2.45, 2.75) is 25.8 Å². The van der Waals surface area contributed by atoms with E-state index < -0.39 is 0 Å². The smallest absolute Gasteiger partial charge is 0.253 e. The van der Waals surface area contributed by atoms with Gasteiger partial charge in [-0.1, -0.05) is 70.5 Å². The van der Waals surface area contributed by atoms with Gasteiger partial charge in [-0.2, -0.15) is 0 Å². The van der Waals surface area contributed by atoms with Crippen LogP contribution in [0.15, 0.2) is 83.3 Å². The fraction of sp³-hybridized carbons (Fsp3) is 0.286. The number of para-hydroxylation sites is 1. The molecular formula is C28H30BrN3O2. The predicted molar refractivity (Wildman–Crippen MR) is 140 cm³/mol. The Bertz CT molecular complexity index is 1110. The molecule has 3 aromatic carbocycles. The average Bonchev–Trinajstić information content (AvgIpc) is 2.85. The molecule has 0 unspecified atom stereocenters. The van der Waals surface area contributed by atoms with Crippen LogP contribution in [0.25, 0.3) is 0 Å². The van der Waals surface area contributed by atoms with Crippen LogP contribution in [-0.2, 0) is 17.8 Å². The Balaban J connectivity index is 1.28. The van der Waals surface area contributed by atoms with Crippen molar-refractivity contribution in [2.75, 3.05) is 25.0 Å². The second kappa shape index (κ2) is 12.0. The molecule has 176 valence electrons. The molecule has 5 nitrogen and oxygen atoms in total. The number of hydrogen-bond donors (Lipinski definition) is 2. The predicted octanol–water partition coefficient (Wildman–Crippen LogP) is 5.27. The van der Waals surface area contributed by atoms with Gasteiger partial charge < -0.3 is 10.6 Å². The van der Waals surface area contributed by atoms with Crippen LogP contribution in [0.4, 0.5) is 5.69 Å². The third kappa shape index (κ3) is 6.78. The summed E-state index contributed by atoms with van der Waals surface area (Å²) in [4.78, 5) is 28.2. The maximum absolute atomic E-state index is 13.0. The molecule has 0 spiro atoms. The number of halogens is 1. The Labute approximate surface area is 209 Å². The first kappa shape index (κ1) is 24.2. The first-order valence-corrected chi connectivity index (χ1v) is 12.6. The van der Waals surface area contributed by atoms with Crippen molar-refractivity contribution in [3.05, 3.63) is 100 Å². The lowest BCUT2D eigenvalue weighted by Crippen LogP contribution is -2.38. The molecule has 4 rings (SSSR count). The molecule has 0 aliphatic carbocycles. The molecule has 34 heavy (non-hydrogen) atoms. The first-order valence-electron chi connectivity index (χ1n) is 11.8. The molecule has 0 radical (unpaired) electrons. The van der Waals surface area contributed by atoms with Gasteiger partial charge in [0.1, 0.15) is 0 Å². The average molecular weight is 520 g/mol. The third-order valence-electron chi connectivity index (χ3n) is 6.23. The SMILES string of the molecule is O=C(NCCc1ccccc1)c1ccccc1NC(=O)C1CCN(Cc2cccc(Br)c2)CC1. The molecule has 0 saturated carbocycles. The van der Waals surface area contributed by atoms with Gasteiger partial charge in [-0.05, 0) is 67.7 Å². The summed E-state index contributed by atoms with van der Waals surface area (Å²) in [6, 6.07) is 25.6. The van der Waals surface area contributed by atoms with Crippen LogP contribution in [0.3, 0.4) is 0 Å². The zero-order chi connectivity index (χ0) is 23.8. The van der Waals surface area contributed by atoms with Crippen LogP contribution in [0.5, 0.6) is 0 Å². The number of amides is 2. The summed E-state index contributed by atoms with van der Waals surface area (Å²) in [7, 11) is 0. The Morgan fingerprint density at radius 2 is 1.59 bits per heavy atom. The van der Waals surface area contributed by atoms with E-state index in [9.17, 15) is 9.59 Å². The first-order chi connectivity index (χ1) is 16.6.